The van der Waals surface area contributed by atoms with Crippen LogP contribution in [0, 0.1) is 46.3 Å². The molecular weight excluding hydrogens is 426 g/mol. The highest BCUT2D eigenvalue weighted by Crippen LogP contribution is 2.68. The number of fused-ring (bicyclic) bond motifs is 5. The second-order valence-electron chi connectivity index (χ2n) is 14.1. The Morgan fingerprint density at radius 3 is 2.32 bits per heavy atom. The maximum Gasteiger partial charge on any atom is 0.362 e. The molecule has 0 unspecified atom stereocenters. The van der Waals surface area contributed by atoms with E-state index < -0.39 is 5.97 Å². The largest absolute Gasteiger partial charge is 0.550 e. The van der Waals surface area contributed by atoms with Gasteiger partial charge < -0.3 is 19.1 Å². The summed E-state index contributed by atoms with van der Waals surface area (Å²) in [6.45, 7) is 7.83. The van der Waals surface area contributed by atoms with Gasteiger partial charge in [0.2, 0.25) is 0 Å². The maximum absolute atomic E-state index is 12.5. The van der Waals surface area contributed by atoms with Gasteiger partial charge >= 0.3 is 5.97 Å². The van der Waals surface area contributed by atoms with Crippen molar-refractivity contribution in [2.45, 2.75) is 97.5 Å². The van der Waals surface area contributed by atoms with E-state index in [1.807, 2.05) is 21.1 Å². The molecule has 0 aromatic carbocycles. The standard InChI is InChI=1S/C29H49NO4/c1-19(7-12-26(31)32)23-10-11-24-22-9-8-20-17-21(34-27(33)18-30(4,5)6)13-15-28(20,2)25(22)14-16-29(23,24)3/h19-25H,7-18H2,1-6H3/t19-,20-,21+,22+,23-,24+,25+,28+,29-/m1/s1. The smallest absolute Gasteiger partial charge is 0.362 e. The molecule has 0 aromatic rings. The Balaban J connectivity index is 1.41. The Bertz CT molecular complexity index is 775. The van der Waals surface area contributed by atoms with Gasteiger partial charge in [0, 0.05) is 5.97 Å². The van der Waals surface area contributed by atoms with E-state index in [9.17, 15) is 14.7 Å². The summed E-state index contributed by atoms with van der Waals surface area (Å²) in [5, 5.41) is 11.0. The monoisotopic (exact) mass is 475 g/mol. The van der Waals surface area contributed by atoms with Crippen molar-refractivity contribution in [3.8, 4) is 0 Å². The Morgan fingerprint density at radius 2 is 1.65 bits per heavy atom. The molecule has 0 radical (unpaired) electrons. The van der Waals surface area contributed by atoms with Crippen LogP contribution in [0.3, 0.4) is 0 Å². The summed E-state index contributed by atoms with van der Waals surface area (Å²) in [7, 11) is 6.11. The molecule has 4 aliphatic rings. The second-order valence-corrected chi connectivity index (χ2v) is 14.1. The Morgan fingerprint density at radius 1 is 0.971 bits per heavy atom. The first-order chi connectivity index (χ1) is 15.8. The number of ether oxygens (including phenoxy) is 1. The number of hydrogen-bond acceptors (Lipinski definition) is 4. The van der Waals surface area contributed by atoms with Crippen molar-refractivity contribution >= 4 is 11.9 Å². The van der Waals surface area contributed by atoms with Crippen LogP contribution in [0.1, 0.15) is 91.4 Å². The molecule has 0 spiro atoms. The molecule has 9 atom stereocenters. The number of nitrogens with zero attached hydrogens (tertiary/aromatic N) is 1. The number of carboxylic acids is 1. The van der Waals surface area contributed by atoms with Gasteiger partial charge in [-0.25, -0.2) is 4.79 Å². The lowest BCUT2D eigenvalue weighted by Gasteiger charge is -2.61. The molecule has 4 fully saturated rings. The fraction of sp³-hybridized carbons (Fsp3) is 0.931. The quantitative estimate of drug-likeness (QED) is 0.404. The molecule has 0 N–H and O–H groups in total. The molecule has 4 aliphatic carbocycles. The minimum atomic E-state index is -0.903. The summed E-state index contributed by atoms with van der Waals surface area (Å²) >= 11 is 0. The third-order valence-electron chi connectivity index (χ3n) is 11.1. The fourth-order valence-electron chi connectivity index (χ4n) is 9.46. The van der Waals surface area contributed by atoms with Crippen LogP contribution in [-0.2, 0) is 14.3 Å². The highest BCUT2D eigenvalue weighted by atomic mass is 16.5. The van der Waals surface area contributed by atoms with Crippen molar-refractivity contribution in [2.24, 2.45) is 46.3 Å². The van der Waals surface area contributed by atoms with Crippen LogP contribution in [0.25, 0.3) is 0 Å². The zero-order valence-corrected chi connectivity index (χ0v) is 22.6. The minimum Gasteiger partial charge on any atom is -0.550 e. The molecule has 0 amide bonds. The lowest BCUT2D eigenvalue weighted by atomic mass is 9.44. The molecule has 4 rings (SSSR count). The number of rotatable bonds is 7. The third kappa shape index (κ3) is 4.92. The fourth-order valence-corrected chi connectivity index (χ4v) is 9.46. The Kier molecular flexibility index (Phi) is 7.19. The lowest BCUT2D eigenvalue weighted by molar-refractivity contribution is -0.862. The summed E-state index contributed by atoms with van der Waals surface area (Å²) in [5.41, 5.74) is 0.750. The van der Waals surface area contributed by atoms with E-state index in [2.05, 4.69) is 20.8 Å². The van der Waals surface area contributed by atoms with Crippen molar-refractivity contribution in [1.82, 2.24) is 0 Å². The molecule has 34 heavy (non-hydrogen) atoms. The number of carbonyl (C=O) groups excluding carboxylic acids is 2. The van der Waals surface area contributed by atoms with E-state index in [-0.39, 0.29) is 18.5 Å². The first kappa shape index (κ1) is 26.0. The molecule has 0 aromatic heterocycles. The van der Waals surface area contributed by atoms with Crippen LogP contribution >= 0.6 is 0 Å². The van der Waals surface area contributed by atoms with Gasteiger partial charge in [0.25, 0.3) is 0 Å². The summed E-state index contributed by atoms with van der Waals surface area (Å²) in [6, 6.07) is 0. The highest BCUT2D eigenvalue weighted by Gasteiger charge is 2.60. The van der Waals surface area contributed by atoms with Gasteiger partial charge in [-0.15, -0.1) is 0 Å². The molecule has 5 nitrogen and oxygen atoms in total. The molecule has 4 saturated carbocycles. The summed E-state index contributed by atoms with van der Waals surface area (Å²) in [6.07, 6.45) is 12.1. The van der Waals surface area contributed by atoms with Crippen LogP contribution in [0.5, 0.6) is 0 Å². The molecule has 0 aliphatic heterocycles. The van der Waals surface area contributed by atoms with Crippen LogP contribution in [-0.4, -0.2) is 50.2 Å². The molecule has 0 saturated heterocycles. The van der Waals surface area contributed by atoms with Crippen molar-refractivity contribution in [3.05, 3.63) is 0 Å². The second kappa shape index (κ2) is 9.41. The van der Waals surface area contributed by atoms with Crippen LogP contribution < -0.4 is 5.11 Å². The Hall–Kier alpha value is -1.10. The molecule has 0 heterocycles. The Labute approximate surface area is 207 Å². The number of carbonyl (C=O) groups is 2. The molecule has 0 bridgehead atoms. The van der Waals surface area contributed by atoms with Gasteiger partial charge in [0.15, 0.2) is 6.54 Å². The van der Waals surface area contributed by atoms with E-state index in [1.165, 1.54) is 44.9 Å². The predicted molar refractivity (Wildman–Crippen MR) is 131 cm³/mol. The van der Waals surface area contributed by atoms with Crippen molar-refractivity contribution in [2.75, 3.05) is 27.7 Å². The van der Waals surface area contributed by atoms with Gasteiger partial charge in [0.1, 0.15) is 6.10 Å². The number of esters is 1. The van der Waals surface area contributed by atoms with E-state index in [4.69, 9.17) is 4.74 Å². The van der Waals surface area contributed by atoms with E-state index in [0.29, 0.717) is 39.6 Å². The molecule has 5 heteroatoms. The zero-order valence-electron chi connectivity index (χ0n) is 22.6. The molecule has 194 valence electrons. The van der Waals surface area contributed by atoms with Gasteiger partial charge in [-0.2, -0.15) is 0 Å². The van der Waals surface area contributed by atoms with E-state index in [0.717, 1.165) is 37.0 Å². The van der Waals surface area contributed by atoms with Gasteiger partial charge in [-0.05, 0) is 117 Å². The predicted octanol–water partition coefficient (Wildman–Crippen LogP) is 4.43. The maximum atomic E-state index is 12.5. The van der Waals surface area contributed by atoms with Gasteiger partial charge in [-0.1, -0.05) is 20.8 Å². The number of carboxylic acid groups (broad SMARTS) is 1. The van der Waals surface area contributed by atoms with Crippen molar-refractivity contribution in [3.63, 3.8) is 0 Å². The zero-order chi connectivity index (χ0) is 24.9. The minimum absolute atomic E-state index is 0.0481. The topological polar surface area (TPSA) is 66.4 Å². The highest BCUT2D eigenvalue weighted by molar-refractivity contribution is 5.70. The lowest BCUT2D eigenvalue weighted by Crippen LogP contribution is -2.54. The number of hydrogen-bond donors (Lipinski definition) is 0. The average Bonchev–Trinajstić information content (AvgIpc) is 3.08. The first-order valence-corrected chi connectivity index (χ1v) is 14.0. The average molecular weight is 476 g/mol. The summed E-state index contributed by atoms with van der Waals surface area (Å²) in [5.74, 6) is 3.24. The number of likely N-dealkylation sites (N-methyl/N-ethyl adjacent to an activating group) is 1. The third-order valence-corrected chi connectivity index (χ3v) is 11.1. The van der Waals surface area contributed by atoms with E-state index in [1.54, 1.807) is 0 Å². The normalized spacial score (nSPS) is 42.8. The van der Waals surface area contributed by atoms with Crippen LogP contribution in [0.4, 0.5) is 0 Å². The summed E-state index contributed by atoms with van der Waals surface area (Å²) < 4.78 is 6.58. The van der Waals surface area contributed by atoms with E-state index >= 15 is 0 Å². The van der Waals surface area contributed by atoms with Crippen molar-refractivity contribution in [1.29, 1.82) is 0 Å². The first-order valence-electron chi connectivity index (χ1n) is 14.0. The molecular formula is C29H49NO4. The number of aliphatic carboxylic acids is 1. The van der Waals surface area contributed by atoms with Crippen LogP contribution in [0.2, 0.25) is 0 Å². The van der Waals surface area contributed by atoms with Crippen molar-refractivity contribution < 1.29 is 23.9 Å². The van der Waals surface area contributed by atoms with Gasteiger partial charge in [0.05, 0.1) is 21.1 Å². The number of quaternary nitrogens is 1. The summed E-state index contributed by atoms with van der Waals surface area (Å²) in [4.78, 5) is 23.5. The SMILES string of the molecule is C[C@H](CCC(=O)[O-])[C@H]1CC[C@H]2[C@@H]3CC[C@@H]4C[C@@H](OC(=O)C[N+](C)(C)C)CC[C@]4(C)[C@H]3CC[C@]12C. The van der Waals surface area contributed by atoms with Gasteiger partial charge in [-0.3, -0.25) is 0 Å². The van der Waals surface area contributed by atoms with Crippen LogP contribution in [0.15, 0.2) is 0 Å².